The molecule has 17 heavy (non-hydrogen) atoms. The van der Waals surface area contributed by atoms with E-state index in [0.29, 0.717) is 0 Å². The van der Waals surface area contributed by atoms with Crippen molar-refractivity contribution < 1.29 is 18.3 Å². The molecule has 0 atom stereocenters. The number of hydrogen-bond acceptors (Lipinski definition) is 4. The van der Waals surface area contributed by atoms with E-state index in [0.717, 1.165) is 4.31 Å². The average Bonchev–Trinajstić information content (AvgIpc) is 2.65. The first-order valence-electron chi connectivity index (χ1n) is 4.97. The van der Waals surface area contributed by atoms with Crippen molar-refractivity contribution in [1.29, 1.82) is 0 Å². The van der Waals surface area contributed by atoms with Crippen molar-refractivity contribution in [3.05, 3.63) is 12.4 Å². The molecule has 0 unspecified atom stereocenters. The summed E-state index contributed by atoms with van der Waals surface area (Å²) in [5, 5.41) is 12.5. The zero-order valence-corrected chi connectivity index (χ0v) is 10.7. The van der Waals surface area contributed by atoms with Gasteiger partial charge in [0.05, 0.1) is 6.20 Å². The van der Waals surface area contributed by atoms with Crippen LogP contribution in [0.5, 0.6) is 0 Å². The van der Waals surface area contributed by atoms with Gasteiger partial charge in [-0.2, -0.15) is 9.40 Å². The lowest BCUT2D eigenvalue weighted by molar-refractivity contribution is -0.137. The highest BCUT2D eigenvalue weighted by Gasteiger charge is 2.24. The quantitative estimate of drug-likeness (QED) is 0.815. The van der Waals surface area contributed by atoms with Gasteiger partial charge in [-0.15, -0.1) is 0 Å². The van der Waals surface area contributed by atoms with Crippen LogP contribution in [0.25, 0.3) is 0 Å². The molecule has 0 amide bonds. The van der Waals surface area contributed by atoms with Crippen molar-refractivity contribution in [2.45, 2.75) is 24.8 Å². The van der Waals surface area contributed by atoms with Crippen LogP contribution in [-0.2, 0) is 14.8 Å². The molecule has 0 saturated heterocycles. The van der Waals surface area contributed by atoms with Gasteiger partial charge in [0.25, 0.3) is 0 Å². The second kappa shape index (κ2) is 4.84. The normalized spacial score (nSPS) is 12.3. The number of hydrogen-bond donors (Lipinski definition) is 1. The highest BCUT2D eigenvalue weighted by Crippen LogP contribution is 2.14. The minimum atomic E-state index is -3.78. The standard InChI is InChI=1S/C9H15N3O4S/c1-7(2)12-5-8(4-10-12)17(15,16)11(3)6-9(13)14/h4-5,7H,6H2,1-3H3,(H,13,14). The third kappa shape index (κ3) is 3.04. The van der Waals surface area contributed by atoms with Crippen LogP contribution in [0.1, 0.15) is 19.9 Å². The first-order chi connectivity index (χ1) is 7.75. The first kappa shape index (κ1) is 13.7. The minimum Gasteiger partial charge on any atom is -0.480 e. The molecule has 0 radical (unpaired) electrons. The smallest absolute Gasteiger partial charge is 0.318 e. The first-order valence-corrected chi connectivity index (χ1v) is 6.41. The number of aliphatic carboxylic acids is 1. The Bertz CT molecular complexity index is 506. The van der Waals surface area contributed by atoms with Gasteiger partial charge in [-0.1, -0.05) is 0 Å². The van der Waals surface area contributed by atoms with Gasteiger partial charge < -0.3 is 5.11 Å². The lowest BCUT2D eigenvalue weighted by Crippen LogP contribution is -2.31. The van der Waals surface area contributed by atoms with Gasteiger partial charge in [-0.3, -0.25) is 9.48 Å². The Balaban J connectivity index is 3.00. The maximum atomic E-state index is 11.9. The van der Waals surface area contributed by atoms with Gasteiger partial charge in [-0.05, 0) is 13.8 Å². The van der Waals surface area contributed by atoms with Crippen LogP contribution in [0.2, 0.25) is 0 Å². The van der Waals surface area contributed by atoms with E-state index in [1.165, 1.54) is 24.1 Å². The van der Waals surface area contributed by atoms with Crippen LogP contribution in [-0.4, -0.2) is 47.2 Å². The molecular formula is C9H15N3O4S. The van der Waals surface area contributed by atoms with Gasteiger partial charge in [0.1, 0.15) is 11.4 Å². The molecule has 0 aliphatic carbocycles. The van der Waals surface area contributed by atoms with Gasteiger partial charge >= 0.3 is 5.97 Å². The summed E-state index contributed by atoms with van der Waals surface area (Å²) in [6, 6.07) is 0.0451. The maximum absolute atomic E-state index is 11.9. The molecule has 0 fully saturated rings. The van der Waals surface area contributed by atoms with Crippen LogP contribution in [0.15, 0.2) is 17.3 Å². The Morgan fingerprint density at radius 2 is 2.18 bits per heavy atom. The molecule has 0 aromatic carbocycles. The third-order valence-electron chi connectivity index (χ3n) is 2.17. The lowest BCUT2D eigenvalue weighted by Gasteiger charge is -2.13. The summed E-state index contributed by atoms with van der Waals surface area (Å²) in [6.45, 7) is 3.16. The monoisotopic (exact) mass is 261 g/mol. The predicted octanol–water partition coefficient (Wildman–Crippen LogP) is 0.169. The molecule has 1 aromatic rings. The van der Waals surface area contributed by atoms with E-state index < -0.39 is 22.5 Å². The summed E-state index contributed by atoms with van der Waals surface area (Å²) in [7, 11) is -2.56. The molecule has 1 aromatic heterocycles. The van der Waals surface area contributed by atoms with E-state index in [4.69, 9.17) is 5.11 Å². The van der Waals surface area contributed by atoms with Crippen molar-refractivity contribution >= 4 is 16.0 Å². The summed E-state index contributed by atoms with van der Waals surface area (Å²) in [6.07, 6.45) is 2.60. The van der Waals surface area contributed by atoms with E-state index in [9.17, 15) is 13.2 Å². The molecule has 1 rings (SSSR count). The molecule has 0 bridgehead atoms. The Labute approximate surface area is 99.7 Å². The average molecular weight is 261 g/mol. The number of nitrogens with zero attached hydrogens (tertiary/aromatic N) is 3. The molecule has 0 aliphatic rings. The van der Waals surface area contributed by atoms with Gasteiger partial charge in [0, 0.05) is 19.3 Å². The highest BCUT2D eigenvalue weighted by atomic mass is 32.2. The number of aromatic nitrogens is 2. The fourth-order valence-corrected chi connectivity index (χ4v) is 2.25. The molecular weight excluding hydrogens is 246 g/mol. The molecule has 7 nitrogen and oxygen atoms in total. The second-order valence-corrected chi connectivity index (χ2v) is 5.95. The molecule has 0 aliphatic heterocycles. The molecule has 0 spiro atoms. The minimum absolute atomic E-state index is 0.00468. The summed E-state index contributed by atoms with van der Waals surface area (Å²) in [5.41, 5.74) is 0. The van der Waals surface area contributed by atoms with Crippen LogP contribution in [0.3, 0.4) is 0 Å². The fourth-order valence-electron chi connectivity index (χ4n) is 1.19. The number of carbonyl (C=O) groups is 1. The van der Waals surface area contributed by atoms with Gasteiger partial charge in [0.2, 0.25) is 10.0 Å². The number of likely N-dealkylation sites (N-methyl/N-ethyl adjacent to an activating group) is 1. The Morgan fingerprint density at radius 1 is 1.59 bits per heavy atom. The van der Waals surface area contributed by atoms with E-state index in [-0.39, 0.29) is 10.9 Å². The van der Waals surface area contributed by atoms with Crippen LogP contribution in [0.4, 0.5) is 0 Å². The van der Waals surface area contributed by atoms with E-state index >= 15 is 0 Å². The molecule has 96 valence electrons. The van der Waals surface area contributed by atoms with Crippen molar-refractivity contribution in [2.75, 3.05) is 13.6 Å². The highest BCUT2D eigenvalue weighted by molar-refractivity contribution is 7.89. The van der Waals surface area contributed by atoms with E-state index in [1.54, 1.807) is 0 Å². The van der Waals surface area contributed by atoms with E-state index in [2.05, 4.69) is 5.10 Å². The second-order valence-electron chi connectivity index (χ2n) is 3.90. The van der Waals surface area contributed by atoms with Crippen molar-refractivity contribution in [3.63, 3.8) is 0 Å². The van der Waals surface area contributed by atoms with Crippen LogP contribution < -0.4 is 0 Å². The number of rotatable bonds is 5. The fraction of sp³-hybridized carbons (Fsp3) is 0.556. The van der Waals surface area contributed by atoms with Crippen LogP contribution in [0, 0.1) is 0 Å². The summed E-state index contributed by atoms with van der Waals surface area (Å²) >= 11 is 0. The molecule has 1 heterocycles. The SMILES string of the molecule is CC(C)n1cc(S(=O)(=O)N(C)CC(=O)O)cn1. The zero-order valence-electron chi connectivity index (χ0n) is 9.86. The van der Waals surface area contributed by atoms with Crippen molar-refractivity contribution in [1.82, 2.24) is 14.1 Å². The number of carboxylic acid groups (broad SMARTS) is 1. The van der Waals surface area contributed by atoms with E-state index in [1.807, 2.05) is 13.8 Å². The summed E-state index contributed by atoms with van der Waals surface area (Å²) < 4.78 is 26.1. The van der Waals surface area contributed by atoms with Gasteiger partial charge in [-0.25, -0.2) is 8.42 Å². The van der Waals surface area contributed by atoms with Crippen molar-refractivity contribution in [2.24, 2.45) is 0 Å². The van der Waals surface area contributed by atoms with Crippen molar-refractivity contribution in [3.8, 4) is 0 Å². The molecule has 8 heteroatoms. The predicted molar refractivity (Wildman–Crippen MR) is 60.1 cm³/mol. The molecule has 1 N–H and O–H groups in total. The lowest BCUT2D eigenvalue weighted by atomic mass is 10.4. The van der Waals surface area contributed by atoms with Gasteiger partial charge in [0.15, 0.2) is 0 Å². The number of carboxylic acids is 1. The van der Waals surface area contributed by atoms with Crippen LogP contribution >= 0.6 is 0 Å². The largest absolute Gasteiger partial charge is 0.480 e. The molecule has 0 saturated carbocycles. The Kier molecular flexibility index (Phi) is 3.89. The Hall–Kier alpha value is -1.41. The third-order valence-corrected chi connectivity index (χ3v) is 3.93. The zero-order chi connectivity index (χ0) is 13.2. The maximum Gasteiger partial charge on any atom is 0.318 e. The summed E-state index contributed by atoms with van der Waals surface area (Å²) in [4.78, 5) is 10.5. The number of sulfonamides is 1. The summed E-state index contributed by atoms with van der Waals surface area (Å²) in [5.74, 6) is -1.20. The Morgan fingerprint density at radius 3 is 2.59 bits per heavy atom. The topological polar surface area (TPSA) is 92.5 Å².